The van der Waals surface area contributed by atoms with Gasteiger partial charge in [0.1, 0.15) is 11.6 Å². The molecule has 0 bridgehead atoms. The average Bonchev–Trinajstić information content (AvgIpc) is 2.63. The monoisotopic (exact) mass is 430 g/mol. The molecule has 0 aliphatic rings. The van der Waals surface area contributed by atoms with Crippen LogP contribution in [0.15, 0.2) is 29.4 Å². The van der Waals surface area contributed by atoms with E-state index < -0.39 is 15.8 Å². The summed E-state index contributed by atoms with van der Waals surface area (Å²) in [6, 6.07) is 6.03. The Morgan fingerprint density at radius 1 is 1.32 bits per heavy atom. The molecular weight excluding hydrogens is 407 g/mol. The Morgan fingerprint density at radius 3 is 2.64 bits per heavy atom. The van der Waals surface area contributed by atoms with Crippen molar-refractivity contribution in [3.05, 3.63) is 35.6 Å². The molecule has 154 valence electrons. The molecule has 0 saturated heterocycles. The van der Waals surface area contributed by atoms with E-state index in [1.807, 2.05) is 6.92 Å². The Labute approximate surface area is 168 Å². The number of nitrogens with zero attached hydrogens (tertiary/aromatic N) is 2. The Balaban J connectivity index is 2.27. The number of anilines is 2. The zero-order valence-corrected chi connectivity index (χ0v) is 17.4. The largest absolute Gasteiger partial charge is 0.494 e. The maximum Gasteiger partial charge on any atom is 0.230 e. The van der Waals surface area contributed by atoms with Crippen LogP contribution in [0.4, 0.5) is 16.0 Å². The van der Waals surface area contributed by atoms with Crippen LogP contribution in [0.1, 0.15) is 18.9 Å². The molecule has 0 unspecified atom stereocenters. The number of hydrogen-bond acceptors (Lipinski definition) is 8. The highest BCUT2D eigenvalue weighted by Gasteiger charge is 2.14. The Morgan fingerprint density at radius 2 is 2.04 bits per heavy atom. The molecule has 1 aromatic heterocycles. The molecule has 1 heterocycles. The van der Waals surface area contributed by atoms with Crippen molar-refractivity contribution in [2.24, 2.45) is 0 Å². The first-order valence-corrected chi connectivity index (χ1v) is 11.3. The summed E-state index contributed by atoms with van der Waals surface area (Å²) in [5.74, 6) is 0.342. The second-order valence-corrected chi connectivity index (χ2v) is 8.64. The molecular formula is C17H23FN4O4S2. The van der Waals surface area contributed by atoms with E-state index in [0.29, 0.717) is 17.8 Å². The van der Waals surface area contributed by atoms with Gasteiger partial charge >= 0.3 is 0 Å². The van der Waals surface area contributed by atoms with Crippen molar-refractivity contribution in [2.45, 2.75) is 30.3 Å². The van der Waals surface area contributed by atoms with Crippen LogP contribution >= 0.6 is 11.8 Å². The standard InChI is InChI=1S/C17H23FN4O4S2/c1-4-12(9-23)19-14-8-15(22-28(3,24)25)21-17(20-14)27-10-11-6-5-7-13(26-2)16(11)18/h5-8,12,23H,4,9-10H2,1-3H3,(H2,19,20,21,22)/t12-/m1/s1. The number of aliphatic hydroxyl groups is 1. The van der Waals surface area contributed by atoms with Crippen LogP contribution in [-0.2, 0) is 15.8 Å². The maximum atomic E-state index is 14.3. The first-order chi connectivity index (χ1) is 13.3. The summed E-state index contributed by atoms with van der Waals surface area (Å²) in [6.07, 6.45) is 1.66. The molecule has 0 fully saturated rings. The van der Waals surface area contributed by atoms with E-state index in [1.165, 1.54) is 19.2 Å². The zero-order chi connectivity index (χ0) is 20.7. The smallest absolute Gasteiger partial charge is 0.230 e. The van der Waals surface area contributed by atoms with Gasteiger partial charge in [-0.1, -0.05) is 30.8 Å². The number of ether oxygens (including phenoxy) is 1. The molecule has 11 heteroatoms. The van der Waals surface area contributed by atoms with E-state index in [1.54, 1.807) is 12.1 Å². The maximum absolute atomic E-state index is 14.3. The molecule has 1 atom stereocenters. The van der Waals surface area contributed by atoms with E-state index in [4.69, 9.17) is 4.74 Å². The lowest BCUT2D eigenvalue weighted by Gasteiger charge is -2.16. The van der Waals surface area contributed by atoms with E-state index >= 15 is 0 Å². The first-order valence-electron chi connectivity index (χ1n) is 8.44. The SMILES string of the molecule is CC[C@H](CO)Nc1cc(NS(C)(=O)=O)nc(SCc2cccc(OC)c2F)n1. The average molecular weight is 431 g/mol. The molecule has 1 aromatic carbocycles. The van der Waals surface area contributed by atoms with Gasteiger partial charge in [0.2, 0.25) is 10.0 Å². The van der Waals surface area contributed by atoms with Gasteiger partial charge < -0.3 is 15.2 Å². The highest BCUT2D eigenvalue weighted by atomic mass is 32.2. The predicted molar refractivity (Wildman–Crippen MR) is 108 cm³/mol. The van der Waals surface area contributed by atoms with Crippen LogP contribution in [0.3, 0.4) is 0 Å². The van der Waals surface area contributed by atoms with Gasteiger partial charge in [0.15, 0.2) is 16.7 Å². The fraction of sp³-hybridized carbons (Fsp3) is 0.412. The molecule has 2 aromatic rings. The molecule has 0 spiro atoms. The molecule has 28 heavy (non-hydrogen) atoms. The second kappa shape index (κ2) is 9.89. The Bertz CT molecular complexity index is 908. The lowest BCUT2D eigenvalue weighted by molar-refractivity contribution is 0.271. The normalized spacial score (nSPS) is 12.5. The van der Waals surface area contributed by atoms with Gasteiger partial charge in [-0.15, -0.1) is 0 Å². The highest BCUT2D eigenvalue weighted by molar-refractivity contribution is 7.98. The second-order valence-electron chi connectivity index (χ2n) is 5.95. The van der Waals surface area contributed by atoms with Crippen molar-refractivity contribution in [1.29, 1.82) is 0 Å². The quantitative estimate of drug-likeness (QED) is 0.389. The third-order valence-electron chi connectivity index (χ3n) is 3.68. The van der Waals surface area contributed by atoms with Gasteiger partial charge in [0, 0.05) is 17.4 Å². The predicted octanol–water partition coefficient (Wildman–Crippen LogP) is 2.47. The van der Waals surface area contributed by atoms with Crippen molar-refractivity contribution in [3.63, 3.8) is 0 Å². The lowest BCUT2D eigenvalue weighted by atomic mass is 10.2. The third-order valence-corrected chi connectivity index (χ3v) is 5.16. The van der Waals surface area contributed by atoms with Crippen LogP contribution in [0.2, 0.25) is 0 Å². The Kier molecular flexibility index (Phi) is 7.84. The number of aromatic nitrogens is 2. The van der Waals surface area contributed by atoms with Gasteiger partial charge in [-0.05, 0) is 12.5 Å². The topological polar surface area (TPSA) is 113 Å². The van der Waals surface area contributed by atoms with Crippen molar-refractivity contribution in [3.8, 4) is 5.75 Å². The number of sulfonamides is 1. The summed E-state index contributed by atoms with van der Waals surface area (Å²) in [5.41, 5.74) is 0.408. The van der Waals surface area contributed by atoms with Crippen molar-refractivity contribution >= 4 is 33.4 Å². The van der Waals surface area contributed by atoms with Crippen LogP contribution in [0, 0.1) is 5.82 Å². The third kappa shape index (κ3) is 6.50. The van der Waals surface area contributed by atoms with E-state index in [-0.39, 0.29) is 35.1 Å². The van der Waals surface area contributed by atoms with Gasteiger partial charge in [-0.25, -0.2) is 22.8 Å². The molecule has 0 radical (unpaired) electrons. The van der Waals surface area contributed by atoms with Crippen LogP contribution in [0.5, 0.6) is 5.75 Å². The number of benzene rings is 1. The highest BCUT2D eigenvalue weighted by Crippen LogP contribution is 2.28. The number of methoxy groups -OCH3 is 1. The van der Waals surface area contributed by atoms with E-state index in [2.05, 4.69) is 20.0 Å². The minimum Gasteiger partial charge on any atom is -0.494 e. The molecule has 2 rings (SSSR count). The van der Waals surface area contributed by atoms with Crippen molar-refractivity contribution < 1.29 is 22.7 Å². The summed E-state index contributed by atoms with van der Waals surface area (Å²) in [4.78, 5) is 8.50. The van der Waals surface area contributed by atoms with Crippen molar-refractivity contribution in [1.82, 2.24) is 9.97 Å². The summed E-state index contributed by atoms with van der Waals surface area (Å²) < 4.78 is 44.7. The minimum atomic E-state index is -3.54. The molecule has 3 N–H and O–H groups in total. The van der Waals surface area contributed by atoms with Gasteiger partial charge in [0.25, 0.3) is 0 Å². The minimum absolute atomic E-state index is 0.0846. The summed E-state index contributed by atoms with van der Waals surface area (Å²) >= 11 is 1.15. The van der Waals surface area contributed by atoms with Crippen LogP contribution in [0.25, 0.3) is 0 Å². The first kappa shape index (κ1) is 22.2. The van der Waals surface area contributed by atoms with E-state index in [9.17, 15) is 17.9 Å². The van der Waals surface area contributed by atoms with Crippen molar-refractivity contribution in [2.75, 3.05) is 30.0 Å². The molecule has 0 aliphatic heterocycles. The van der Waals surface area contributed by atoms with Crippen LogP contribution < -0.4 is 14.8 Å². The number of hydrogen-bond donors (Lipinski definition) is 3. The van der Waals surface area contributed by atoms with Gasteiger partial charge in [0.05, 0.1) is 26.0 Å². The van der Waals surface area contributed by atoms with Crippen LogP contribution in [-0.4, -0.2) is 49.5 Å². The number of halogens is 1. The number of aliphatic hydroxyl groups excluding tert-OH is 1. The summed E-state index contributed by atoms with van der Waals surface area (Å²) in [7, 11) is -2.15. The number of nitrogens with one attached hydrogen (secondary N) is 2. The number of rotatable bonds is 10. The van der Waals surface area contributed by atoms with Gasteiger partial charge in [-0.2, -0.15) is 0 Å². The fourth-order valence-electron chi connectivity index (χ4n) is 2.26. The van der Waals surface area contributed by atoms with E-state index in [0.717, 1.165) is 18.0 Å². The summed E-state index contributed by atoms with van der Waals surface area (Å²) in [5, 5.41) is 12.7. The zero-order valence-electron chi connectivity index (χ0n) is 15.8. The summed E-state index contributed by atoms with van der Waals surface area (Å²) in [6.45, 7) is 1.79. The fourth-order valence-corrected chi connectivity index (χ4v) is 3.58. The molecule has 8 nitrogen and oxygen atoms in total. The molecule has 0 aliphatic carbocycles. The van der Waals surface area contributed by atoms with Gasteiger partial charge in [-0.3, -0.25) is 4.72 Å². The number of thioether (sulfide) groups is 1. The lowest BCUT2D eigenvalue weighted by Crippen LogP contribution is -2.23. The molecule has 0 saturated carbocycles. The Hall–Kier alpha value is -2.11. The molecule has 0 amide bonds.